The average Bonchev–Trinajstić information content (AvgIpc) is 3.27. The minimum Gasteiger partial charge on any atom is -0.337 e. The maximum atomic E-state index is 5.28. The first-order chi connectivity index (χ1) is 12.2. The van der Waals surface area contributed by atoms with Crippen LogP contribution in [0.2, 0.25) is 0 Å². The third-order valence-corrected chi connectivity index (χ3v) is 4.14. The van der Waals surface area contributed by atoms with Crippen molar-refractivity contribution in [2.75, 3.05) is 0 Å². The molecule has 2 aromatic heterocycles. The molecule has 8 heteroatoms. The summed E-state index contributed by atoms with van der Waals surface area (Å²) in [6.07, 6.45) is 0. The molecule has 4 rings (SSSR count). The van der Waals surface area contributed by atoms with Crippen molar-refractivity contribution >= 4 is 15.9 Å². The molecule has 0 saturated carbocycles. The van der Waals surface area contributed by atoms with Crippen LogP contribution < -0.4 is 0 Å². The van der Waals surface area contributed by atoms with Gasteiger partial charge in [-0.1, -0.05) is 50.9 Å². The van der Waals surface area contributed by atoms with Gasteiger partial charge in [-0.05, 0) is 36.4 Å². The number of rotatable bonds is 4. The van der Waals surface area contributed by atoms with Crippen molar-refractivity contribution in [1.29, 1.82) is 0 Å². The molecule has 0 aliphatic rings. The fourth-order valence-corrected chi connectivity index (χ4v) is 2.55. The van der Waals surface area contributed by atoms with E-state index in [1.165, 1.54) is 10.4 Å². The van der Waals surface area contributed by atoms with Gasteiger partial charge in [0.2, 0.25) is 11.6 Å². The lowest BCUT2D eigenvalue weighted by atomic mass is 10.1. The topological polar surface area (TPSA) is 82.5 Å². The zero-order valence-corrected chi connectivity index (χ0v) is 14.9. The van der Waals surface area contributed by atoms with Gasteiger partial charge in [-0.15, -0.1) is 10.2 Å². The molecule has 25 heavy (non-hydrogen) atoms. The first-order valence-electron chi connectivity index (χ1n) is 7.61. The predicted molar refractivity (Wildman–Crippen MR) is 94.5 cm³/mol. The van der Waals surface area contributed by atoms with E-state index in [0.29, 0.717) is 17.5 Å². The van der Waals surface area contributed by atoms with E-state index in [4.69, 9.17) is 4.52 Å². The molecular weight excluding hydrogens is 384 g/mol. The summed E-state index contributed by atoms with van der Waals surface area (Å²) in [7, 11) is 0. The highest BCUT2D eigenvalue weighted by Crippen LogP contribution is 2.19. The van der Waals surface area contributed by atoms with Gasteiger partial charge in [0.1, 0.15) is 6.54 Å². The van der Waals surface area contributed by atoms with Gasteiger partial charge in [0.15, 0.2) is 0 Å². The Morgan fingerprint density at radius 2 is 1.64 bits per heavy atom. The summed E-state index contributed by atoms with van der Waals surface area (Å²) in [6.45, 7) is 2.30. The quantitative estimate of drug-likeness (QED) is 0.524. The van der Waals surface area contributed by atoms with E-state index in [2.05, 4.69) is 41.5 Å². The van der Waals surface area contributed by atoms with Gasteiger partial charge in [0, 0.05) is 15.6 Å². The van der Waals surface area contributed by atoms with Crippen LogP contribution in [0.3, 0.4) is 0 Å². The Hall–Kier alpha value is -2.87. The number of halogens is 1. The van der Waals surface area contributed by atoms with Crippen LogP contribution >= 0.6 is 15.9 Å². The molecule has 0 aliphatic carbocycles. The van der Waals surface area contributed by atoms with Crippen LogP contribution in [0.15, 0.2) is 57.5 Å². The number of nitrogens with zero attached hydrogens (tertiary/aromatic N) is 6. The molecule has 0 amide bonds. The molecule has 0 atom stereocenters. The second-order valence-corrected chi connectivity index (χ2v) is 6.44. The summed E-state index contributed by atoms with van der Waals surface area (Å²) in [5, 5.41) is 16.5. The largest absolute Gasteiger partial charge is 0.337 e. The van der Waals surface area contributed by atoms with Gasteiger partial charge >= 0.3 is 0 Å². The van der Waals surface area contributed by atoms with Crippen molar-refractivity contribution in [3.05, 3.63) is 64.5 Å². The Kier molecular flexibility index (Phi) is 4.10. The van der Waals surface area contributed by atoms with Gasteiger partial charge in [-0.2, -0.15) is 9.78 Å². The zero-order chi connectivity index (χ0) is 17.2. The molecule has 124 valence electrons. The van der Waals surface area contributed by atoms with Crippen molar-refractivity contribution in [2.24, 2.45) is 0 Å². The molecule has 2 heterocycles. The van der Waals surface area contributed by atoms with Crippen molar-refractivity contribution in [3.8, 4) is 22.8 Å². The van der Waals surface area contributed by atoms with E-state index < -0.39 is 0 Å². The van der Waals surface area contributed by atoms with E-state index in [-0.39, 0.29) is 6.54 Å². The van der Waals surface area contributed by atoms with Gasteiger partial charge in [0.25, 0.3) is 5.89 Å². The highest BCUT2D eigenvalue weighted by atomic mass is 79.9. The SMILES string of the molecule is Cc1ccc(-c2nnn(Cc3nc(-c4ccc(Br)cc4)no3)n2)cc1. The van der Waals surface area contributed by atoms with Crippen LogP contribution in [0, 0.1) is 6.92 Å². The molecular formula is C17H13BrN6O. The lowest BCUT2D eigenvalue weighted by molar-refractivity contribution is 0.356. The molecule has 0 fully saturated rings. The summed E-state index contributed by atoms with van der Waals surface area (Å²) < 4.78 is 6.28. The van der Waals surface area contributed by atoms with Crippen LogP contribution in [0.5, 0.6) is 0 Å². The van der Waals surface area contributed by atoms with Crippen LogP contribution in [-0.4, -0.2) is 30.3 Å². The Balaban J connectivity index is 1.51. The first-order valence-corrected chi connectivity index (χ1v) is 8.40. The molecule has 0 radical (unpaired) electrons. The minimum atomic E-state index is 0.266. The van der Waals surface area contributed by atoms with Crippen molar-refractivity contribution < 1.29 is 4.52 Å². The van der Waals surface area contributed by atoms with Crippen molar-refractivity contribution in [3.63, 3.8) is 0 Å². The van der Waals surface area contributed by atoms with Crippen LogP contribution in [0.4, 0.5) is 0 Å². The van der Waals surface area contributed by atoms with Crippen LogP contribution in [0.1, 0.15) is 11.5 Å². The summed E-state index contributed by atoms with van der Waals surface area (Å²) in [5.74, 6) is 1.51. The number of aryl methyl sites for hydroxylation is 1. The number of benzene rings is 2. The van der Waals surface area contributed by atoms with Crippen LogP contribution in [0.25, 0.3) is 22.8 Å². The lowest BCUT2D eigenvalue weighted by Gasteiger charge is -1.95. The summed E-state index contributed by atoms with van der Waals surface area (Å²) in [6, 6.07) is 15.7. The average molecular weight is 397 g/mol. The Bertz CT molecular complexity index is 909. The van der Waals surface area contributed by atoms with E-state index >= 15 is 0 Å². The number of tetrazole rings is 1. The molecule has 4 aromatic rings. The fourth-order valence-electron chi connectivity index (χ4n) is 2.28. The number of hydrogen-bond donors (Lipinski definition) is 0. The zero-order valence-electron chi connectivity index (χ0n) is 13.3. The minimum absolute atomic E-state index is 0.266. The van der Waals surface area contributed by atoms with E-state index in [1.54, 1.807) is 0 Å². The van der Waals surface area contributed by atoms with Gasteiger partial charge < -0.3 is 4.52 Å². The highest BCUT2D eigenvalue weighted by Gasteiger charge is 2.12. The summed E-state index contributed by atoms with van der Waals surface area (Å²) >= 11 is 3.40. The Morgan fingerprint density at radius 1 is 0.960 bits per heavy atom. The first kappa shape index (κ1) is 15.6. The molecule has 0 unspecified atom stereocenters. The van der Waals surface area contributed by atoms with E-state index in [0.717, 1.165) is 15.6 Å². The summed E-state index contributed by atoms with van der Waals surface area (Å²) in [5.41, 5.74) is 2.98. The number of hydrogen-bond acceptors (Lipinski definition) is 6. The second-order valence-electron chi connectivity index (χ2n) is 5.53. The van der Waals surface area contributed by atoms with Crippen molar-refractivity contribution in [1.82, 2.24) is 30.3 Å². The standard InChI is InChI=1S/C17H13BrN6O/c1-11-2-4-13(5-3-11)17-20-23-24(21-17)10-15-19-16(22-25-15)12-6-8-14(18)9-7-12/h2-9H,10H2,1H3. The fraction of sp³-hybridized carbons (Fsp3) is 0.118. The third kappa shape index (κ3) is 3.48. The van der Waals surface area contributed by atoms with Crippen LogP contribution in [-0.2, 0) is 6.54 Å². The molecule has 0 N–H and O–H groups in total. The molecule has 0 aliphatic heterocycles. The highest BCUT2D eigenvalue weighted by molar-refractivity contribution is 9.10. The molecule has 0 spiro atoms. The summed E-state index contributed by atoms with van der Waals surface area (Å²) in [4.78, 5) is 5.82. The van der Waals surface area contributed by atoms with Gasteiger partial charge in [-0.25, -0.2) is 0 Å². The van der Waals surface area contributed by atoms with Gasteiger partial charge in [-0.3, -0.25) is 0 Å². The third-order valence-electron chi connectivity index (χ3n) is 3.61. The van der Waals surface area contributed by atoms with Gasteiger partial charge in [0.05, 0.1) is 0 Å². The van der Waals surface area contributed by atoms with E-state index in [1.807, 2.05) is 55.5 Å². The lowest BCUT2D eigenvalue weighted by Crippen LogP contribution is -2.04. The molecule has 2 aromatic carbocycles. The van der Waals surface area contributed by atoms with Crippen molar-refractivity contribution in [2.45, 2.75) is 13.5 Å². The maximum absolute atomic E-state index is 5.28. The number of aromatic nitrogens is 6. The normalized spacial score (nSPS) is 11.0. The van der Waals surface area contributed by atoms with E-state index in [9.17, 15) is 0 Å². The predicted octanol–water partition coefficient (Wildman–Crippen LogP) is 3.51. The monoisotopic (exact) mass is 396 g/mol. The maximum Gasteiger partial charge on any atom is 0.250 e. The Morgan fingerprint density at radius 3 is 2.40 bits per heavy atom. The molecule has 0 bridgehead atoms. The second kappa shape index (κ2) is 6.56. The molecule has 7 nitrogen and oxygen atoms in total. The molecule has 0 saturated heterocycles. The smallest absolute Gasteiger partial charge is 0.250 e. The Labute approximate surface area is 151 Å².